The summed E-state index contributed by atoms with van der Waals surface area (Å²) in [6, 6.07) is 0. The third-order valence-electron chi connectivity index (χ3n) is 1.64. The fourth-order valence-electron chi connectivity index (χ4n) is 1.17. The van der Waals surface area contributed by atoms with Crippen LogP contribution >= 0.6 is 11.5 Å². The predicted molar refractivity (Wildman–Crippen MR) is 66.4 cm³/mol. The summed E-state index contributed by atoms with van der Waals surface area (Å²) in [5.41, 5.74) is 0.304. The standard InChI is InChI=1S/C11H21N3S/c1-10(2,3)7-8-12-9(15-14-8)13-11(4,5)6/h7H2,1-6H3,(H,12,13,14). The Labute approximate surface area is 96.5 Å². The smallest absolute Gasteiger partial charge is 0.202 e. The van der Waals surface area contributed by atoms with Crippen LogP contribution < -0.4 is 5.32 Å². The first-order valence-electron chi connectivity index (χ1n) is 5.26. The third kappa shape index (κ3) is 5.11. The van der Waals surface area contributed by atoms with Crippen LogP contribution in [0.3, 0.4) is 0 Å². The molecule has 0 aromatic carbocycles. The summed E-state index contributed by atoms with van der Waals surface area (Å²) in [6.45, 7) is 13.0. The molecule has 0 bridgehead atoms. The molecular weight excluding hydrogens is 206 g/mol. The fraction of sp³-hybridized carbons (Fsp3) is 0.818. The van der Waals surface area contributed by atoms with Crippen molar-refractivity contribution >= 4 is 16.7 Å². The zero-order chi connectivity index (χ0) is 11.7. The van der Waals surface area contributed by atoms with Crippen LogP contribution in [0.1, 0.15) is 47.4 Å². The molecule has 0 saturated carbocycles. The highest BCUT2D eigenvalue weighted by Crippen LogP contribution is 2.22. The Hall–Kier alpha value is -0.640. The number of hydrogen-bond donors (Lipinski definition) is 1. The molecule has 0 fully saturated rings. The second-order valence-corrected chi connectivity index (χ2v) is 6.88. The first-order chi connectivity index (χ1) is 6.66. The van der Waals surface area contributed by atoms with Crippen molar-refractivity contribution in [2.45, 2.75) is 53.5 Å². The van der Waals surface area contributed by atoms with Gasteiger partial charge in [0, 0.05) is 23.5 Å². The lowest BCUT2D eigenvalue weighted by molar-refractivity contribution is 0.403. The number of rotatable bonds is 2. The summed E-state index contributed by atoms with van der Waals surface area (Å²) in [5, 5.41) is 4.25. The maximum Gasteiger partial charge on any atom is 0.202 e. The summed E-state index contributed by atoms with van der Waals surface area (Å²) in [6.07, 6.45) is 0.926. The molecule has 15 heavy (non-hydrogen) atoms. The topological polar surface area (TPSA) is 37.8 Å². The minimum atomic E-state index is 0.0541. The molecule has 0 spiro atoms. The highest BCUT2D eigenvalue weighted by Gasteiger charge is 2.17. The molecule has 1 aromatic heterocycles. The number of anilines is 1. The third-order valence-corrected chi connectivity index (χ3v) is 2.31. The molecule has 1 N–H and O–H groups in total. The van der Waals surface area contributed by atoms with Gasteiger partial charge in [-0.1, -0.05) is 20.8 Å². The molecule has 0 atom stereocenters. The molecule has 0 aliphatic heterocycles. The molecule has 0 aliphatic rings. The summed E-state index contributed by atoms with van der Waals surface area (Å²) in [4.78, 5) is 4.48. The van der Waals surface area contributed by atoms with Crippen molar-refractivity contribution in [2.75, 3.05) is 5.32 Å². The van der Waals surface area contributed by atoms with Crippen LogP contribution in [-0.4, -0.2) is 14.9 Å². The fourth-order valence-corrected chi connectivity index (χ4v) is 1.97. The van der Waals surface area contributed by atoms with Crippen molar-refractivity contribution in [3.63, 3.8) is 0 Å². The summed E-state index contributed by atoms with van der Waals surface area (Å²) in [7, 11) is 0. The lowest BCUT2D eigenvalue weighted by atomic mass is 9.92. The van der Waals surface area contributed by atoms with Gasteiger partial charge in [-0.25, -0.2) is 4.98 Å². The van der Waals surface area contributed by atoms with Crippen molar-refractivity contribution in [3.8, 4) is 0 Å². The molecule has 0 unspecified atom stereocenters. The van der Waals surface area contributed by atoms with E-state index in [1.807, 2.05) is 0 Å². The van der Waals surface area contributed by atoms with E-state index in [9.17, 15) is 0 Å². The average molecular weight is 227 g/mol. The van der Waals surface area contributed by atoms with E-state index in [4.69, 9.17) is 0 Å². The van der Waals surface area contributed by atoms with Gasteiger partial charge in [-0.3, -0.25) is 0 Å². The van der Waals surface area contributed by atoms with Gasteiger partial charge < -0.3 is 5.32 Å². The van der Waals surface area contributed by atoms with Crippen LogP contribution in [0.2, 0.25) is 0 Å². The van der Waals surface area contributed by atoms with Crippen molar-refractivity contribution < 1.29 is 0 Å². The van der Waals surface area contributed by atoms with Crippen molar-refractivity contribution in [3.05, 3.63) is 5.82 Å². The largest absolute Gasteiger partial charge is 0.356 e. The monoisotopic (exact) mass is 227 g/mol. The molecule has 3 nitrogen and oxygen atoms in total. The van der Waals surface area contributed by atoms with Crippen LogP contribution in [0.15, 0.2) is 0 Å². The van der Waals surface area contributed by atoms with Crippen LogP contribution in [-0.2, 0) is 6.42 Å². The highest BCUT2D eigenvalue weighted by molar-refractivity contribution is 7.09. The predicted octanol–water partition coefficient (Wildman–Crippen LogP) is 3.34. The zero-order valence-electron chi connectivity index (χ0n) is 10.5. The summed E-state index contributed by atoms with van der Waals surface area (Å²) >= 11 is 1.44. The van der Waals surface area contributed by atoms with Crippen LogP contribution in [0.4, 0.5) is 5.13 Å². The van der Waals surface area contributed by atoms with Gasteiger partial charge >= 0.3 is 0 Å². The SMILES string of the molecule is CC(C)(C)Cc1nsc(NC(C)(C)C)n1. The zero-order valence-corrected chi connectivity index (χ0v) is 11.3. The normalized spacial score (nSPS) is 12.9. The number of hydrogen-bond acceptors (Lipinski definition) is 4. The lowest BCUT2D eigenvalue weighted by Gasteiger charge is -2.19. The number of nitrogens with one attached hydrogen (secondary N) is 1. The number of nitrogens with zero attached hydrogens (tertiary/aromatic N) is 2. The van der Waals surface area contributed by atoms with Crippen molar-refractivity contribution in [2.24, 2.45) is 5.41 Å². The van der Waals surface area contributed by atoms with Crippen LogP contribution in [0.25, 0.3) is 0 Å². The molecule has 0 amide bonds. The Morgan fingerprint density at radius 3 is 2.20 bits per heavy atom. The Balaban J connectivity index is 2.65. The van der Waals surface area contributed by atoms with E-state index in [-0.39, 0.29) is 11.0 Å². The molecule has 1 aromatic rings. The lowest BCUT2D eigenvalue weighted by Crippen LogP contribution is -2.25. The van der Waals surface area contributed by atoms with E-state index in [1.165, 1.54) is 11.5 Å². The van der Waals surface area contributed by atoms with Gasteiger partial charge in [0.25, 0.3) is 0 Å². The van der Waals surface area contributed by atoms with E-state index in [2.05, 4.69) is 56.2 Å². The van der Waals surface area contributed by atoms with Gasteiger partial charge in [0.05, 0.1) is 0 Å². The maximum absolute atomic E-state index is 4.48. The van der Waals surface area contributed by atoms with Gasteiger partial charge in [-0.05, 0) is 26.2 Å². The molecule has 86 valence electrons. The van der Waals surface area contributed by atoms with Crippen LogP contribution in [0.5, 0.6) is 0 Å². The van der Waals surface area contributed by atoms with E-state index in [0.29, 0.717) is 0 Å². The van der Waals surface area contributed by atoms with E-state index in [1.54, 1.807) is 0 Å². The molecular formula is C11H21N3S. The van der Waals surface area contributed by atoms with Gasteiger partial charge in [-0.2, -0.15) is 4.37 Å². The van der Waals surface area contributed by atoms with Crippen LogP contribution in [0, 0.1) is 5.41 Å². The first-order valence-corrected chi connectivity index (χ1v) is 6.04. The Bertz CT molecular complexity index is 287. The summed E-state index contributed by atoms with van der Waals surface area (Å²) < 4.78 is 4.35. The van der Waals surface area contributed by atoms with Crippen molar-refractivity contribution in [1.29, 1.82) is 0 Å². The minimum Gasteiger partial charge on any atom is -0.356 e. The van der Waals surface area contributed by atoms with Crippen molar-refractivity contribution in [1.82, 2.24) is 9.36 Å². The Kier molecular flexibility index (Phi) is 3.38. The summed E-state index contributed by atoms with van der Waals surface area (Å²) in [5.74, 6) is 0.944. The van der Waals surface area contributed by atoms with Gasteiger partial charge in [0.2, 0.25) is 5.13 Å². The Morgan fingerprint density at radius 1 is 1.13 bits per heavy atom. The molecule has 0 saturated heterocycles. The van der Waals surface area contributed by atoms with Gasteiger partial charge in [0.1, 0.15) is 5.82 Å². The highest BCUT2D eigenvalue weighted by atomic mass is 32.1. The second-order valence-electron chi connectivity index (χ2n) is 6.13. The van der Waals surface area contributed by atoms with Gasteiger partial charge in [0.15, 0.2) is 0 Å². The van der Waals surface area contributed by atoms with E-state index in [0.717, 1.165) is 17.4 Å². The maximum atomic E-state index is 4.48. The quantitative estimate of drug-likeness (QED) is 0.842. The first kappa shape index (κ1) is 12.4. The number of aromatic nitrogens is 2. The Morgan fingerprint density at radius 2 is 1.73 bits per heavy atom. The van der Waals surface area contributed by atoms with E-state index < -0.39 is 0 Å². The molecule has 4 heteroatoms. The molecule has 1 rings (SSSR count). The molecule has 0 aliphatic carbocycles. The average Bonchev–Trinajstić information content (AvgIpc) is 2.28. The van der Waals surface area contributed by atoms with E-state index >= 15 is 0 Å². The molecule has 0 radical (unpaired) electrons. The second kappa shape index (κ2) is 4.08. The molecule has 1 heterocycles. The van der Waals surface area contributed by atoms with Gasteiger partial charge in [-0.15, -0.1) is 0 Å². The minimum absolute atomic E-state index is 0.0541.